The number of nitrogens with zero attached hydrogens (tertiary/aromatic N) is 3. The summed E-state index contributed by atoms with van der Waals surface area (Å²) in [4.78, 5) is 28.4. The molecule has 1 aliphatic heterocycles. The normalized spacial score (nSPS) is 14.9. The van der Waals surface area contributed by atoms with E-state index in [0.717, 1.165) is 36.3 Å². The fourth-order valence-electron chi connectivity index (χ4n) is 5.13. The highest BCUT2D eigenvalue weighted by Crippen LogP contribution is 2.29. The Labute approximate surface area is 229 Å². The van der Waals surface area contributed by atoms with Gasteiger partial charge in [-0.15, -0.1) is 12.4 Å². The number of halogens is 5. The van der Waals surface area contributed by atoms with E-state index in [4.69, 9.17) is 0 Å². The van der Waals surface area contributed by atoms with Gasteiger partial charge >= 0.3 is 11.9 Å². The van der Waals surface area contributed by atoms with E-state index in [1.807, 2.05) is 24.3 Å². The Morgan fingerprint density at radius 1 is 0.821 bits per heavy atom. The molecule has 10 heteroatoms. The molecule has 0 aliphatic carbocycles. The standard InChI is InChI=1S/C29H27F4N3O2.ClH/c30-24-11-7-21(8-12-24)27(37)22-13-15-34(16-14-22)17-18-35-25-3-1-2-4-26(25)36(28(35)38)19-20-5-9-23(10-6-20)29(31,32)33;/h1-12,22H,13-19H2;1H. The summed E-state index contributed by atoms with van der Waals surface area (Å²) in [7, 11) is 0. The van der Waals surface area contributed by atoms with Crippen LogP contribution >= 0.6 is 12.4 Å². The average Bonchev–Trinajstić information content (AvgIpc) is 3.18. The van der Waals surface area contributed by atoms with E-state index in [-0.39, 0.29) is 42.2 Å². The van der Waals surface area contributed by atoms with Crippen LogP contribution in [0.3, 0.4) is 0 Å². The van der Waals surface area contributed by atoms with Gasteiger partial charge in [0.1, 0.15) is 5.82 Å². The summed E-state index contributed by atoms with van der Waals surface area (Å²) in [5.74, 6) is -0.440. The zero-order valence-corrected chi connectivity index (χ0v) is 21.9. The number of para-hydroxylation sites is 2. The zero-order valence-electron chi connectivity index (χ0n) is 21.0. The highest BCUT2D eigenvalue weighted by Gasteiger charge is 2.30. The minimum Gasteiger partial charge on any atom is -0.302 e. The Kier molecular flexibility index (Phi) is 8.61. The highest BCUT2D eigenvalue weighted by atomic mass is 35.5. The van der Waals surface area contributed by atoms with Gasteiger partial charge in [0.25, 0.3) is 0 Å². The van der Waals surface area contributed by atoms with Crippen LogP contribution in [0.15, 0.2) is 77.6 Å². The predicted octanol–water partition coefficient (Wildman–Crippen LogP) is 6.03. The number of carbonyl (C=O) groups is 1. The number of ketones is 1. The van der Waals surface area contributed by atoms with Crippen molar-refractivity contribution < 1.29 is 22.4 Å². The first-order chi connectivity index (χ1) is 18.2. The molecule has 0 spiro atoms. The Balaban J connectivity index is 0.00000353. The topological polar surface area (TPSA) is 47.2 Å². The lowest BCUT2D eigenvalue weighted by atomic mass is 9.89. The quantitative estimate of drug-likeness (QED) is 0.205. The second-order valence-corrected chi connectivity index (χ2v) is 9.69. The monoisotopic (exact) mass is 561 g/mol. The molecule has 1 aliphatic rings. The molecular weight excluding hydrogens is 534 g/mol. The van der Waals surface area contributed by atoms with E-state index >= 15 is 0 Å². The fourth-order valence-corrected chi connectivity index (χ4v) is 5.13. The molecule has 0 radical (unpaired) electrons. The number of piperidine rings is 1. The Hall–Kier alpha value is -3.43. The van der Waals surface area contributed by atoms with Crippen LogP contribution in [0.5, 0.6) is 0 Å². The molecule has 5 rings (SSSR count). The van der Waals surface area contributed by atoms with Crippen molar-refractivity contribution in [3.05, 3.63) is 106 Å². The third kappa shape index (κ3) is 6.25. The smallest absolute Gasteiger partial charge is 0.302 e. The van der Waals surface area contributed by atoms with E-state index in [0.29, 0.717) is 37.1 Å². The van der Waals surface area contributed by atoms with Gasteiger partial charge < -0.3 is 4.90 Å². The maximum Gasteiger partial charge on any atom is 0.416 e. The van der Waals surface area contributed by atoms with E-state index in [1.165, 1.54) is 36.4 Å². The number of aromatic nitrogens is 2. The first kappa shape index (κ1) is 28.6. The number of carbonyl (C=O) groups excluding carboxylic acids is 1. The number of rotatable bonds is 7. The molecule has 206 valence electrons. The summed E-state index contributed by atoms with van der Waals surface area (Å²) in [5, 5.41) is 0. The predicted molar refractivity (Wildman–Crippen MR) is 144 cm³/mol. The Bertz CT molecular complexity index is 1490. The summed E-state index contributed by atoms with van der Waals surface area (Å²) in [5.41, 5.74) is 1.69. The molecule has 1 fully saturated rings. The van der Waals surface area contributed by atoms with Crippen LogP contribution in [-0.2, 0) is 19.3 Å². The number of hydrogen-bond acceptors (Lipinski definition) is 3. The minimum absolute atomic E-state index is 0. The molecule has 4 aromatic rings. The van der Waals surface area contributed by atoms with Crippen LogP contribution in [-0.4, -0.2) is 39.5 Å². The molecule has 2 heterocycles. The van der Waals surface area contributed by atoms with Gasteiger partial charge in [-0.25, -0.2) is 9.18 Å². The lowest BCUT2D eigenvalue weighted by Crippen LogP contribution is -2.39. The Morgan fingerprint density at radius 3 is 2.00 bits per heavy atom. The molecule has 1 aromatic heterocycles. The SMILES string of the molecule is Cl.O=C(c1ccc(F)cc1)C1CCN(CCn2c(=O)n(Cc3ccc(C(F)(F)F)cc3)c3ccccc32)CC1. The maximum absolute atomic E-state index is 13.4. The van der Waals surface area contributed by atoms with Crippen LogP contribution < -0.4 is 5.69 Å². The van der Waals surface area contributed by atoms with Gasteiger partial charge in [-0.3, -0.25) is 13.9 Å². The van der Waals surface area contributed by atoms with Crippen LogP contribution in [0.25, 0.3) is 11.0 Å². The number of Topliss-reactive ketones (excluding diaryl/α,β-unsaturated/α-hetero) is 1. The minimum atomic E-state index is -4.41. The molecule has 0 atom stereocenters. The van der Waals surface area contributed by atoms with Crippen molar-refractivity contribution >= 4 is 29.2 Å². The van der Waals surface area contributed by atoms with Gasteiger partial charge in [0.2, 0.25) is 0 Å². The van der Waals surface area contributed by atoms with Crippen molar-refractivity contribution in [1.29, 1.82) is 0 Å². The van der Waals surface area contributed by atoms with Crippen molar-refractivity contribution in [1.82, 2.24) is 14.0 Å². The van der Waals surface area contributed by atoms with Crippen molar-refractivity contribution in [2.24, 2.45) is 5.92 Å². The van der Waals surface area contributed by atoms with Gasteiger partial charge in [-0.1, -0.05) is 24.3 Å². The maximum atomic E-state index is 13.4. The molecule has 5 nitrogen and oxygen atoms in total. The molecule has 1 saturated heterocycles. The van der Waals surface area contributed by atoms with Crippen LogP contribution in [0.1, 0.15) is 34.3 Å². The summed E-state index contributed by atoms with van der Waals surface area (Å²) >= 11 is 0. The summed E-state index contributed by atoms with van der Waals surface area (Å²) in [6, 6.07) is 17.9. The summed E-state index contributed by atoms with van der Waals surface area (Å²) < 4.78 is 55.2. The molecule has 3 aromatic carbocycles. The fraction of sp³-hybridized carbons (Fsp3) is 0.310. The number of alkyl halides is 3. The second kappa shape index (κ2) is 11.8. The number of benzene rings is 3. The lowest BCUT2D eigenvalue weighted by Gasteiger charge is -2.31. The average molecular weight is 562 g/mol. The highest BCUT2D eigenvalue weighted by molar-refractivity contribution is 5.97. The Morgan fingerprint density at radius 2 is 1.41 bits per heavy atom. The van der Waals surface area contributed by atoms with Gasteiger partial charge in [-0.05, 0) is 80.0 Å². The van der Waals surface area contributed by atoms with Gasteiger partial charge in [0, 0.05) is 24.6 Å². The van der Waals surface area contributed by atoms with Crippen LogP contribution in [0.4, 0.5) is 17.6 Å². The van der Waals surface area contributed by atoms with E-state index in [9.17, 15) is 27.2 Å². The first-order valence-electron chi connectivity index (χ1n) is 12.6. The molecule has 0 bridgehead atoms. The number of likely N-dealkylation sites (tertiary alicyclic amines) is 1. The van der Waals surface area contributed by atoms with Gasteiger partial charge in [0.05, 0.1) is 23.1 Å². The number of imidazole rings is 1. The van der Waals surface area contributed by atoms with Crippen molar-refractivity contribution in [3.8, 4) is 0 Å². The van der Waals surface area contributed by atoms with E-state index < -0.39 is 11.7 Å². The van der Waals surface area contributed by atoms with Gasteiger partial charge in [-0.2, -0.15) is 13.2 Å². The molecule has 0 saturated carbocycles. The molecule has 0 unspecified atom stereocenters. The summed E-state index contributed by atoms with van der Waals surface area (Å²) in [6.45, 7) is 2.69. The molecule has 39 heavy (non-hydrogen) atoms. The third-order valence-corrected chi connectivity index (χ3v) is 7.27. The van der Waals surface area contributed by atoms with E-state index in [2.05, 4.69) is 4.90 Å². The van der Waals surface area contributed by atoms with Crippen LogP contribution in [0.2, 0.25) is 0 Å². The molecular formula is C29H28ClF4N3O2. The molecule has 0 N–H and O–H groups in total. The first-order valence-corrected chi connectivity index (χ1v) is 12.6. The third-order valence-electron chi connectivity index (χ3n) is 7.27. The van der Waals surface area contributed by atoms with Crippen molar-refractivity contribution in [2.45, 2.75) is 32.1 Å². The largest absolute Gasteiger partial charge is 0.416 e. The van der Waals surface area contributed by atoms with Crippen molar-refractivity contribution in [2.75, 3.05) is 19.6 Å². The second-order valence-electron chi connectivity index (χ2n) is 9.69. The molecule has 0 amide bonds. The summed E-state index contributed by atoms with van der Waals surface area (Å²) in [6.07, 6.45) is -3.02. The van der Waals surface area contributed by atoms with Crippen molar-refractivity contribution in [3.63, 3.8) is 0 Å². The zero-order chi connectivity index (χ0) is 26.9. The van der Waals surface area contributed by atoms with E-state index in [1.54, 1.807) is 9.13 Å². The number of fused-ring (bicyclic) bond motifs is 1. The lowest BCUT2D eigenvalue weighted by molar-refractivity contribution is -0.137. The number of hydrogen-bond donors (Lipinski definition) is 0. The van der Waals surface area contributed by atoms with Crippen LogP contribution in [0, 0.1) is 11.7 Å². The van der Waals surface area contributed by atoms with Gasteiger partial charge in [0.15, 0.2) is 5.78 Å².